The predicted molar refractivity (Wildman–Crippen MR) is 61.7 cm³/mol. The third kappa shape index (κ3) is 3.11. The van der Waals surface area contributed by atoms with Crippen LogP contribution >= 0.6 is 0 Å². The Balaban J connectivity index is 2.74. The maximum atomic E-state index is 11.1. The first-order chi connectivity index (χ1) is 7.36. The smallest absolute Gasteiger partial charge is 0.137 e. The molecule has 2 unspecified atom stereocenters. The van der Waals surface area contributed by atoms with E-state index in [4.69, 9.17) is 5.73 Å². The molecule has 0 radical (unpaired) electrons. The Morgan fingerprint density at radius 1 is 1.50 bits per heavy atom. The third-order valence-electron chi connectivity index (χ3n) is 3.52. The van der Waals surface area contributed by atoms with Gasteiger partial charge in [-0.15, -0.1) is 0 Å². The number of hydrogen-bond acceptors (Lipinski definition) is 3. The summed E-state index contributed by atoms with van der Waals surface area (Å²) < 4.78 is 0. The number of carbonyl (C=O) groups excluding carboxylic acids is 1. The molecule has 0 spiro atoms. The van der Waals surface area contributed by atoms with Crippen molar-refractivity contribution in [2.24, 2.45) is 17.1 Å². The molecule has 1 heterocycles. The quantitative estimate of drug-likeness (QED) is 0.758. The van der Waals surface area contributed by atoms with Crippen molar-refractivity contribution in [3.63, 3.8) is 0 Å². The number of likely N-dealkylation sites (tertiary alicyclic amines) is 1. The number of hydrogen-bond donors (Lipinski definition) is 1. The molecule has 1 rings (SSSR count). The van der Waals surface area contributed by atoms with Gasteiger partial charge in [-0.3, -0.25) is 0 Å². The van der Waals surface area contributed by atoms with E-state index in [1.165, 1.54) is 4.90 Å². The van der Waals surface area contributed by atoms with Gasteiger partial charge in [0.05, 0.1) is 0 Å². The van der Waals surface area contributed by atoms with Gasteiger partial charge in [0.25, 0.3) is 0 Å². The minimum absolute atomic E-state index is 0.0344. The van der Waals surface area contributed by atoms with Gasteiger partial charge in [-0.1, -0.05) is 20.8 Å². The van der Waals surface area contributed by atoms with Gasteiger partial charge >= 0.3 is 0 Å². The van der Waals surface area contributed by atoms with Crippen LogP contribution in [0.2, 0.25) is 0 Å². The van der Waals surface area contributed by atoms with Crippen molar-refractivity contribution in [3.8, 4) is 0 Å². The first-order valence-electron chi connectivity index (χ1n) is 6.04. The SMILES string of the molecule is CC(C)(C)C1CC(CCN)CCN1C(=O)[O-]. The molecule has 0 aromatic heterocycles. The van der Waals surface area contributed by atoms with E-state index in [2.05, 4.69) is 20.8 Å². The minimum atomic E-state index is -1.04. The molecule has 2 atom stereocenters. The van der Waals surface area contributed by atoms with Crippen LogP contribution < -0.4 is 10.8 Å². The molecule has 0 aromatic rings. The third-order valence-corrected chi connectivity index (χ3v) is 3.52. The van der Waals surface area contributed by atoms with Crippen molar-refractivity contribution in [2.45, 2.75) is 46.1 Å². The summed E-state index contributed by atoms with van der Waals surface area (Å²) in [5.74, 6) is 0.560. The predicted octanol–water partition coefficient (Wildman–Crippen LogP) is 0.805. The Morgan fingerprint density at radius 2 is 2.12 bits per heavy atom. The van der Waals surface area contributed by atoms with Crippen LogP contribution in [0.15, 0.2) is 0 Å². The maximum Gasteiger partial charge on any atom is 0.137 e. The van der Waals surface area contributed by atoms with Gasteiger partial charge in [0.2, 0.25) is 0 Å². The summed E-state index contributed by atoms with van der Waals surface area (Å²) in [5, 5.41) is 11.1. The van der Waals surface area contributed by atoms with Crippen molar-refractivity contribution in [1.29, 1.82) is 0 Å². The summed E-state index contributed by atoms with van der Waals surface area (Å²) in [4.78, 5) is 12.6. The van der Waals surface area contributed by atoms with Crippen molar-refractivity contribution in [2.75, 3.05) is 13.1 Å². The van der Waals surface area contributed by atoms with Crippen molar-refractivity contribution in [1.82, 2.24) is 4.90 Å². The Morgan fingerprint density at radius 3 is 2.56 bits per heavy atom. The van der Waals surface area contributed by atoms with E-state index in [-0.39, 0.29) is 11.5 Å². The molecule has 4 heteroatoms. The first kappa shape index (κ1) is 13.3. The maximum absolute atomic E-state index is 11.1. The van der Waals surface area contributed by atoms with Gasteiger partial charge in [-0.05, 0) is 37.1 Å². The van der Waals surface area contributed by atoms with Crippen LogP contribution in [0.25, 0.3) is 0 Å². The molecular weight excluding hydrogens is 204 g/mol. The molecule has 1 fully saturated rings. The molecule has 1 saturated heterocycles. The second-order valence-electron chi connectivity index (χ2n) is 5.81. The molecule has 0 saturated carbocycles. The standard InChI is InChI=1S/C12H24N2O2/c1-12(2,3)10-8-9(4-6-13)5-7-14(10)11(15)16/h9-10H,4-8,13H2,1-3H3,(H,15,16)/p-1. The van der Waals surface area contributed by atoms with E-state index in [1.807, 2.05) is 0 Å². The lowest BCUT2D eigenvalue weighted by molar-refractivity contribution is -0.272. The number of piperidine rings is 1. The topological polar surface area (TPSA) is 69.4 Å². The molecule has 4 nitrogen and oxygen atoms in total. The van der Waals surface area contributed by atoms with Crippen LogP contribution in [0.1, 0.15) is 40.0 Å². The van der Waals surface area contributed by atoms with Crippen LogP contribution in [-0.4, -0.2) is 30.1 Å². The zero-order valence-corrected chi connectivity index (χ0v) is 10.5. The summed E-state index contributed by atoms with van der Waals surface area (Å²) >= 11 is 0. The molecule has 2 N–H and O–H groups in total. The van der Waals surface area contributed by atoms with Gasteiger partial charge in [0.1, 0.15) is 6.09 Å². The van der Waals surface area contributed by atoms with E-state index in [0.717, 1.165) is 19.3 Å². The monoisotopic (exact) mass is 227 g/mol. The molecule has 0 aromatic carbocycles. The number of rotatable bonds is 2. The highest BCUT2D eigenvalue weighted by Gasteiger charge is 2.35. The number of carboxylic acid groups (broad SMARTS) is 1. The number of amides is 1. The summed E-state index contributed by atoms with van der Waals surface area (Å²) in [6.45, 7) is 7.52. The molecule has 1 amide bonds. The highest BCUT2D eigenvalue weighted by atomic mass is 16.4. The molecule has 0 aliphatic carbocycles. The lowest BCUT2D eigenvalue weighted by atomic mass is 9.76. The summed E-state index contributed by atoms with van der Waals surface area (Å²) in [5.41, 5.74) is 5.53. The Labute approximate surface area is 97.8 Å². The number of carbonyl (C=O) groups is 1. The molecular formula is C12H23N2O2-. The summed E-state index contributed by atoms with van der Waals surface area (Å²) in [6, 6.07) is 0.0581. The highest BCUT2D eigenvalue weighted by Crippen LogP contribution is 2.35. The van der Waals surface area contributed by atoms with Crippen molar-refractivity contribution in [3.05, 3.63) is 0 Å². The van der Waals surface area contributed by atoms with Gasteiger partial charge in [0.15, 0.2) is 0 Å². The van der Waals surface area contributed by atoms with E-state index in [0.29, 0.717) is 19.0 Å². The van der Waals surface area contributed by atoms with Crippen LogP contribution in [0, 0.1) is 11.3 Å². The zero-order valence-electron chi connectivity index (χ0n) is 10.5. The summed E-state index contributed by atoms with van der Waals surface area (Å²) in [6.07, 6.45) is 1.78. The lowest BCUT2D eigenvalue weighted by Gasteiger charge is -2.47. The van der Waals surface area contributed by atoms with Gasteiger partial charge in [-0.25, -0.2) is 0 Å². The molecule has 94 valence electrons. The van der Waals surface area contributed by atoms with E-state index < -0.39 is 6.09 Å². The second kappa shape index (κ2) is 5.04. The van der Waals surface area contributed by atoms with E-state index in [9.17, 15) is 9.90 Å². The Bertz CT molecular complexity index is 248. The van der Waals surface area contributed by atoms with E-state index in [1.54, 1.807) is 0 Å². The fourth-order valence-corrected chi connectivity index (χ4v) is 2.58. The van der Waals surface area contributed by atoms with Gasteiger partial charge in [0, 0.05) is 12.6 Å². The molecule has 1 aliphatic heterocycles. The second-order valence-corrected chi connectivity index (χ2v) is 5.81. The van der Waals surface area contributed by atoms with Crippen molar-refractivity contribution >= 4 is 6.09 Å². The largest absolute Gasteiger partial charge is 0.530 e. The Hall–Kier alpha value is -0.770. The molecule has 16 heavy (non-hydrogen) atoms. The fourth-order valence-electron chi connectivity index (χ4n) is 2.58. The fraction of sp³-hybridized carbons (Fsp3) is 0.917. The van der Waals surface area contributed by atoms with Crippen LogP contribution in [0.3, 0.4) is 0 Å². The van der Waals surface area contributed by atoms with Crippen LogP contribution in [0.4, 0.5) is 4.79 Å². The van der Waals surface area contributed by atoms with Crippen LogP contribution in [0.5, 0.6) is 0 Å². The average Bonchev–Trinajstić information content (AvgIpc) is 2.16. The molecule has 1 aliphatic rings. The normalized spacial score (nSPS) is 26.9. The molecule has 0 bridgehead atoms. The first-order valence-corrected chi connectivity index (χ1v) is 6.04. The Kier molecular flexibility index (Phi) is 4.19. The lowest BCUT2D eigenvalue weighted by Crippen LogP contribution is -2.56. The highest BCUT2D eigenvalue weighted by molar-refractivity contribution is 5.63. The van der Waals surface area contributed by atoms with Crippen molar-refractivity contribution < 1.29 is 9.90 Å². The van der Waals surface area contributed by atoms with Crippen LogP contribution in [-0.2, 0) is 0 Å². The minimum Gasteiger partial charge on any atom is -0.530 e. The van der Waals surface area contributed by atoms with Gasteiger partial charge < -0.3 is 20.5 Å². The number of nitrogens with two attached hydrogens (primary N) is 1. The number of nitrogens with zero attached hydrogens (tertiary/aromatic N) is 1. The summed E-state index contributed by atoms with van der Waals surface area (Å²) in [7, 11) is 0. The zero-order chi connectivity index (χ0) is 12.3. The van der Waals surface area contributed by atoms with E-state index >= 15 is 0 Å². The average molecular weight is 227 g/mol. The van der Waals surface area contributed by atoms with Gasteiger partial charge in [-0.2, -0.15) is 0 Å².